The molecule has 1 aromatic carbocycles. The van der Waals surface area contributed by atoms with E-state index in [1.165, 1.54) is 0 Å². The molecule has 1 saturated heterocycles. The van der Waals surface area contributed by atoms with E-state index in [1.54, 1.807) is 0 Å². The van der Waals surface area contributed by atoms with Crippen LogP contribution in [0.3, 0.4) is 0 Å². The Bertz CT molecular complexity index is 970. The van der Waals surface area contributed by atoms with Crippen LogP contribution < -0.4 is 5.32 Å². The summed E-state index contributed by atoms with van der Waals surface area (Å²) in [4.78, 5) is 13.8. The molecule has 4 atom stereocenters. The van der Waals surface area contributed by atoms with Gasteiger partial charge in [-0.05, 0) is 49.7 Å². The number of benzene rings is 1. The molecule has 3 aliphatic rings. The van der Waals surface area contributed by atoms with Crippen molar-refractivity contribution >= 4 is 16.0 Å². The van der Waals surface area contributed by atoms with Gasteiger partial charge in [-0.15, -0.1) is 0 Å². The molecule has 2 aliphatic carbocycles. The second-order valence-electron chi connectivity index (χ2n) is 8.21. The molecule has 2 saturated carbocycles. The van der Waals surface area contributed by atoms with Gasteiger partial charge in [-0.1, -0.05) is 0 Å². The maximum atomic E-state index is 14.7. The summed E-state index contributed by atoms with van der Waals surface area (Å²) in [5.41, 5.74) is -2.33. The van der Waals surface area contributed by atoms with Crippen LogP contribution in [0, 0.1) is 23.5 Å². The topological polar surface area (TPSA) is 86.7 Å². The molecule has 1 aromatic rings. The summed E-state index contributed by atoms with van der Waals surface area (Å²) in [6.45, 7) is 0. The van der Waals surface area contributed by atoms with Crippen molar-refractivity contribution in [1.29, 1.82) is 0 Å². The summed E-state index contributed by atoms with van der Waals surface area (Å²) in [6, 6.07) is -1.55. The predicted octanol–water partition coefficient (Wildman–Crippen LogP) is 2.86. The third-order valence-electron chi connectivity index (χ3n) is 5.87. The smallest absolute Gasteiger partial charge is 0.317 e. The first-order valence-corrected chi connectivity index (χ1v) is 11.0. The van der Waals surface area contributed by atoms with Gasteiger partial charge < -0.3 is 10.2 Å². The van der Waals surface area contributed by atoms with Crippen molar-refractivity contribution in [1.82, 2.24) is 10.2 Å². The lowest BCUT2D eigenvalue weighted by Crippen LogP contribution is -2.49. The number of carbonyl (C=O) groups excluding carboxylic acids is 1. The second kappa shape index (κ2) is 7.13. The first kappa shape index (κ1) is 21.4. The number of hydrogen-bond acceptors (Lipinski definition) is 4. The van der Waals surface area contributed by atoms with E-state index in [4.69, 9.17) is 0 Å². The Morgan fingerprint density at radius 1 is 1.20 bits per heavy atom. The van der Waals surface area contributed by atoms with Crippen molar-refractivity contribution in [2.45, 2.75) is 50.0 Å². The fraction of sp³-hybridized carbons (Fsp3) is 0.611. The zero-order valence-corrected chi connectivity index (χ0v) is 16.3. The van der Waals surface area contributed by atoms with Crippen LogP contribution >= 0.6 is 0 Å². The van der Waals surface area contributed by atoms with E-state index < -0.39 is 68.8 Å². The number of rotatable bonds is 6. The van der Waals surface area contributed by atoms with Crippen LogP contribution in [-0.2, 0) is 21.1 Å². The average Bonchev–Trinajstić information content (AvgIpc) is 3.54. The predicted molar refractivity (Wildman–Crippen MR) is 93.5 cm³/mol. The molecule has 1 heterocycles. The monoisotopic (exact) mass is 454 g/mol. The van der Waals surface area contributed by atoms with Crippen molar-refractivity contribution in [2.75, 3.05) is 5.88 Å². The van der Waals surface area contributed by atoms with Gasteiger partial charge in [0.25, 0.3) is 10.1 Å². The van der Waals surface area contributed by atoms with E-state index in [9.17, 15) is 39.7 Å². The highest BCUT2D eigenvalue weighted by Gasteiger charge is 2.51. The third-order valence-corrected chi connectivity index (χ3v) is 6.48. The van der Waals surface area contributed by atoms with E-state index in [-0.39, 0.29) is 18.0 Å². The highest BCUT2D eigenvalue weighted by Crippen LogP contribution is 2.48. The number of fused-ring (bicyclic) bond motifs is 1. The van der Waals surface area contributed by atoms with Crippen LogP contribution in [0.2, 0.25) is 0 Å². The van der Waals surface area contributed by atoms with Crippen molar-refractivity contribution in [3.63, 3.8) is 0 Å². The molecular weight excluding hydrogens is 435 g/mol. The van der Waals surface area contributed by atoms with Crippen LogP contribution in [-0.4, -0.2) is 41.7 Å². The zero-order valence-electron chi connectivity index (χ0n) is 15.5. The summed E-state index contributed by atoms with van der Waals surface area (Å²) in [5.74, 6) is -5.18. The van der Waals surface area contributed by atoms with Gasteiger partial charge in [0.2, 0.25) is 5.91 Å². The minimum absolute atomic E-state index is 0.0131. The lowest BCUT2D eigenvalue weighted by molar-refractivity contribution is -0.140. The molecule has 166 valence electrons. The van der Waals surface area contributed by atoms with Crippen LogP contribution in [0.15, 0.2) is 12.1 Å². The summed E-state index contributed by atoms with van der Waals surface area (Å²) < 4.78 is 100. The van der Waals surface area contributed by atoms with Crippen LogP contribution in [0.1, 0.15) is 42.9 Å². The number of nitrogens with one attached hydrogen (secondary N) is 1. The molecule has 6 nitrogen and oxygen atoms in total. The molecule has 0 aromatic heterocycles. The lowest BCUT2D eigenvalue weighted by Gasteiger charge is -2.34. The van der Waals surface area contributed by atoms with Crippen molar-refractivity contribution in [3.05, 3.63) is 34.9 Å². The average molecular weight is 454 g/mol. The van der Waals surface area contributed by atoms with E-state index in [2.05, 4.69) is 5.32 Å². The Morgan fingerprint density at radius 2 is 1.87 bits per heavy atom. The molecule has 0 spiro atoms. The molecule has 2 N–H and O–H groups in total. The minimum atomic E-state index is -5.11. The summed E-state index contributed by atoms with van der Waals surface area (Å²) >= 11 is 0. The fourth-order valence-corrected chi connectivity index (χ4v) is 4.90. The first-order chi connectivity index (χ1) is 13.8. The zero-order chi connectivity index (χ0) is 22.0. The van der Waals surface area contributed by atoms with Gasteiger partial charge in [0, 0.05) is 11.6 Å². The lowest BCUT2D eigenvalue weighted by atomic mass is 9.97. The molecule has 1 aliphatic heterocycles. The fourth-order valence-electron chi connectivity index (χ4n) is 4.26. The summed E-state index contributed by atoms with van der Waals surface area (Å²) in [5, 5.41) is 3.03. The van der Waals surface area contributed by atoms with Crippen LogP contribution in [0.4, 0.5) is 22.0 Å². The van der Waals surface area contributed by atoms with Crippen LogP contribution in [0.25, 0.3) is 0 Å². The molecular formula is C18H19F5N2O4S. The Balaban J connectivity index is 1.73. The molecule has 0 bridgehead atoms. The minimum Gasteiger partial charge on any atom is -0.317 e. The molecule has 4 rings (SSSR count). The largest absolute Gasteiger partial charge is 0.419 e. The van der Waals surface area contributed by atoms with Crippen molar-refractivity contribution in [3.8, 4) is 0 Å². The number of alkyl halides is 3. The van der Waals surface area contributed by atoms with E-state index in [1.807, 2.05) is 0 Å². The van der Waals surface area contributed by atoms with E-state index in [0.29, 0.717) is 25.3 Å². The first-order valence-electron chi connectivity index (χ1n) is 9.43. The molecule has 1 amide bonds. The SMILES string of the molecule is O=C([C@H]1C[C@H]2C[C@H]2N1)N(CS(=O)(=O)O)[C@@H](c1cc(F)c(C(F)(F)F)cc1F)C1CC1. The maximum absolute atomic E-state index is 14.7. The van der Waals surface area contributed by atoms with Gasteiger partial charge in [0.05, 0.1) is 17.6 Å². The van der Waals surface area contributed by atoms with Gasteiger partial charge in [0.1, 0.15) is 17.5 Å². The third kappa shape index (κ3) is 4.30. The summed E-state index contributed by atoms with van der Waals surface area (Å²) in [6.07, 6.45) is -2.90. The van der Waals surface area contributed by atoms with Crippen LogP contribution in [0.5, 0.6) is 0 Å². The molecule has 0 unspecified atom stereocenters. The maximum Gasteiger partial charge on any atom is 0.419 e. The molecule has 0 radical (unpaired) electrons. The van der Waals surface area contributed by atoms with Gasteiger partial charge >= 0.3 is 6.18 Å². The number of piperidine rings is 1. The number of nitrogens with zero attached hydrogens (tertiary/aromatic N) is 1. The summed E-state index contributed by atoms with van der Waals surface area (Å²) in [7, 11) is -4.73. The normalized spacial score (nSPS) is 26.9. The highest BCUT2D eigenvalue weighted by atomic mass is 32.2. The second-order valence-corrected chi connectivity index (χ2v) is 9.63. The van der Waals surface area contributed by atoms with Gasteiger partial charge in [0.15, 0.2) is 0 Å². The number of carbonyl (C=O) groups is 1. The Labute approximate surface area is 169 Å². The van der Waals surface area contributed by atoms with E-state index >= 15 is 0 Å². The molecule has 30 heavy (non-hydrogen) atoms. The highest BCUT2D eigenvalue weighted by molar-refractivity contribution is 7.85. The number of hydrogen-bond donors (Lipinski definition) is 2. The van der Waals surface area contributed by atoms with Gasteiger partial charge in [-0.2, -0.15) is 21.6 Å². The van der Waals surface area contributed by atoms with Crippen molar-refractivity contribution < 1.29 is 39.7 Å². The molecule has 3 fully saturated rings. The number of halogens is 5. The Morgan fingerprint density at radius 3 is 2.37 bits per heavy atom. The standard InChI is InChI=1S/C18H19F5N2O4S/c19-12-6-11(18(21,22)23)13(20)5-10(12)16(8-1-2-8)25(7-30(27,28)29)17(26)15-4-9-3-14(9)24-15/h5-6,8-9,14-16,24H,1-4,7H2,(H,27,28,29)/t9-,14-,15-,16-/m1/s1. The van der Waals surface area contributed by atoms with Crippen molar-refractivity contribution in [2.24, 2.45) is 11.8 Å². The Kier molecular flexibility index (Phi) is 5.09. The van der Waals surface area contributed by atoms with Gasteiger partial charge in [-0.3, -0.25) is 9.35 Å². The quantitative estimate of drug-likeness (QED) is 0.510. The van der Waals surface area contributed by atoms with E-state index in [0.717, 1.165) is 11.3 Å². The van der Waals surface area contributed by atoms with Gasteiger partial charge in [-0.25, -0.2) is 8.78 Å². The number of amides is 1. The molecule has 12 heteroatoms. The Hall–Kier alpha value is -1.79.